The number of amides is 2. The van der Waals surface area contributed by atoms with Crippen molar-refractivity contribution in [2.75, 3.05) is 14.1 Å². The molecule has 0 bridgehead atoms. The lowest BCUT2D eigenvalue weighted by Gasteiger charge is -2.47. The normalized spacial score (nSPS) is 30.0. The molecule has 6 nitrogen and oxygen atoms in total. The molecule has 1 fully saturated rings. The smallest absolute Gasteiger partial charge is 0.224 e. The first kappa shape index (κ1) is 14.3. The summed E-state index contributed by atoms with van der Waals surface area (Å²) in [6.45, 7) is 2.68. The molecule has 0 aliphatic heterocycles. The van der Waals surface area contributed by atoms with Gasteiger partial charge in [0.05, 0.1) is 11.8 Å². The van der Waals surface area contributed by atoms with Crippen LogP contribution in [-0.4, -0.2) is 37.5 Å². The van der Waals surface area contributed by atoms with Crippen LogP contribution >= 0.6 is 0 Å². The summed E-state index contributed by atoms with van der Waals surface area (Å²) in [7, 11) is 2.90. The second-order valence-corrected chi connectivity index (χ2v) is 4.55. The Labute approximate surface area is 105 Å². The van der Waals surface area contributed by atoms with E-state index in [-0.39, 0.29) is 23.4 Å². The van der Waals surface area contributed by atoms with Crippen molar-refractivity contribution < 1.29 is 19.2 Å². The van der Waals surface area contributed by atoms with Crippen LogP contribution in [0.15, 0.2) is 0 Å². The average molecular weight is 254 g/mol. The third-order valence-electron chi connectivity index (χ3n) is 3.58. The predicted octanol–water partition coefficient (Wildman–Crippen LogP) is -0.865. The van der Waals surface area contributed by atoms with Gasteiger partial charge in [-0.1, -0.05) is 0 Å². The van der Waals surface area contributed by atoms with Gasteiger partial charge in [-0.3, -0.25) is 19.2 Å². The highest BCUT2D eigenvalue weighted by Gasteiger charge is 2.60. The topological polar surface area (TPSA) is 92.3 Å². The van der Waals surface area contributed by atoms with E-state index in [4.69, 9.17) is 0 Å². The van der Waals surface area contributed by atoms with E-state index >= 15 is 0 Å². The lowest BCUT2D eigenvalue weighted by Crippen LogP contribution is -2.62. The minimum absolute atomic E-state index is 0.241. The summed E-state index contributed by atoms with van der Waals surface area (Å²) >= 11 is 0. The molecule has 0 unspecified atom stereocenters. The summed E-state index contributed by atoms with van der Waals surface area (Å²) < 4.78 is 0. The quantitative estimate of drug-likeness (QED) is 0.682. The minimum Gasteiger partial charge on any atom is -0.359 e. The second-order valence-electron chi connectivity index (χ2n) is 4.55. The molecule has 0 radical (unpaired) electrons. The van der Waals surface area contributed by atoms with Gasteiger partial charge in [0, 0.05) is 25.9 Å². The Hall–Kier alpha value is -1.72. The number of carbonyl (C=O) groups is 4. The standard InChI is InChI=1S/C12H18N2O4/c1-5(15)7-9(11(17)13-3)8(6(2)16)10(7)12(18)14-4/h7-10H,1-4H3,(H,13,17)(H,14,18). The van der Waals surface area contributed by atoms with Crippen LogP contribution in [0.4, 0.5) is 0 Å². The molecule has 0 aromatic heterocycles. The van der Waals surface area contributed by atoms with Gasteiger partial charge in [0.1, 0.15) is 11.6 Å². The van der Waals surface area contributed by atoms with Crippen LogP contribution in [0, 0.1) is 23.7 Å². The van der Waals surface area contributed by atoms with Gasteiger partial charge >= 0.3 is 0 Å². The molecule has 6 heteroatoms. The fraction of sp³-hybridized carbons (Fsp3) is 0.667. The monoisotopic (exact) mass is 254 g/mol. The van der Waals surface area contributed by atoms with Crippen molar-refractivity contribution >= 4 is 23.4 Å². The summed E-state index contributed by atoms with van der Waals surface area (Å²) in [6, 6.07) is 0. The average Bonchev–Trinajstić information content (AvgIpc) is 2.25. The van der Waals surface area contributed by atoms with Crippen LogP contribution in [0.3, 0.4) is 0 Å². The fourth-order valence-electron chi connectivity index (χ4n) is 2.75. The van der Waals surface area contributed by atoms with E-state index in [1.54, 1.807) is 0 Å². The maximum atomic E-state index is 11.7. The first-order chi connectivity index (χ1) is 8.36. The number of Topliss-reactive ketones (excluding diaryl/α,β-unsaturated/α-hetero) is 2. The van der Waals surface area contributed by atoms with Crippen molar-refractivity contribution in [2.45, 2.75) is 13.8 Å². The molecule has 1 aliphatic rings. The molecule has 2 amide bonds. The summed E-state index contributed by atoms with van der Waals surface area (Å²) in [5.74, 6) is -4.09. The van der Waals surface area contributed by atoms with E-state index in [1.165, 1.54) is 27.9 Å². The Bertz CT molecular complexity index is 359. The number of nitrogens with one attached hydrogen (secondary N) is 2. The summed E-state index contributed by atoms with van der Waals surface area (Å²) in [5, 5.41) is 4.88. The van der Waals surface area contributed by atoms with Crippen molar-refractivity contribution in [2.24, 2.45) is 23.7 Å². The van der Waals surface area contributed by atoms with Crippen LogP contribution in [0.25, 0.3) is 0 Å². The Morgan fingerprint density at radius 3 is 1.11 bits per heavy atom. The van der Waals surface area contributed by atoms with E-state index in [2.05, 4.69) is 10.6 Å². The van der Waals surface area contributed by atoms with Crippen LogP contribution in [0.5, 0.6) is 0 Å². The first-order valence-electron chi connectivity index (χ1n) is 5.80. The maximum absolute atomic E-state index is 11.7. The number of carbonyl (C=O) groups excluding carboxylic acids is 4. The second kappa shape index (κ2) is 5.29. The van der Waals surface area contributed by atoms with Crippen LogP contribution in [-0.2, 0) is 19.2 Å². The third-order valence-corrected chi connectivity index (χ3v) is 3.58. The molecule has 0 spiro atoms. The molecule has 0 aromatic rings. The van der Waals surface area contributed by atoms with Crippen molar-refractivity contribution in [3.63, 3.8) is 0 Å². The van der Waals surface area contributed by atoms with Crippen molar-refractivity contribution in [1.82, 2.24) is 10.6 Å². The van der Waals surface area contributed by atoms with Gasteiger partial charge in [0.15, 0.2) is 0 Å². The maximum Gasteiger partial charge on any atom is 0.224 e. The minimum atomic E-state index is -0.729. The van der Waals surface area contributed by atoms with E-state index in [0.717, 1.165) is 0 Å². The molecule has 100 valence electrons. The lowest BCUT2D eigenvalue weighted by atomic mass is 9.53. The van der Waals surface area contributed by atoms with E-state index in [0.29, 0.717) is 0 Å². The molecule has 0 heterocycles. The van der Waals surface area contributed by atoms with Gasteiger partial charge < -0.3 is 10.6 Å². The fourth-order valence-corrected chi connectivity index (χ4v) is 2.75. The van der Waals surface area contributed by atoms with Gasteiger partial charge in [-0.2, -0.15) is 0 Å². The highest BCUT2D eigenvalue weighted by Crippen LogP contribution is 2.47. The van der Waals surface area contributed by atoms with Crippen molar-refractivity contribution in [1.29, 1.82) is 0 Å². The zero-order valence-corrected chi connectivity index (χ0v) is 10.9. The number of ketones is 2. The summed E-state index contributed by atoms with van der Waals surface area (Å²) in [4.78, 5) is 46.6. The third kappa shape index (κ3) is 2.14. The molecule has 1 rings (SSSR count). The first-order valence-corrected chi connectivity index (χ1v) is 5.80. The predicted molar refractivity (Wildman–Crippen MR) is 63.5 cm³/mol. The zero-order valence-electron chi connectivity index (χ0n) is 10.9. The Morgan fingerprint density at radius 1 is 0.667 bits per heavy atom. The van der Waals surface area contributed by atoms with Gasteiger partial charge in [0.25, 0.3) is 0 Å². The Morgan fingerprint density at radius 2 is 0.944 bits per heavy atom. The molecule has 1 saturated carbocycles. The molecular weight excluding hydrogens is 236 g/mol. The Balaban J connectivity index is 3.10. The van der Waals surface area contributed by atoms with E-state index < -0.39 is 23.7 Å². The van der Waals surface area contributed by atoms with E-state index in [9.17, 15) is 19.2 Å². The molecular formula is C12H18N2O4. The molecule has 1 aliphatic carbocycles. The lowest BCUT2D eigenvalue weighted by molar-refractivity contribution is -0.164. The summed E-state index contributed by atoms with van der Waals surface area (Å²) in [5.41, 5.74) is 0. The zero-order chi connectivity index (χ0) is 14.0. The number of rotatable bonds is 4. The number of hydrogen-bond acceptors (Lipinski definition) is 4. The highest BCUT2D eigenvalue weighted by molar-refractivity contribution is 6.02. The molecule has 18 heavy (non-hydrogen) atoms. The van der Waals surface area contributed by atoms with Gasteiger partial charge in [0.2, 0.25) is 11.8 Å². The Kier molecular flexibility index (Phi) is 4.21. The van der Waals surface area contributed by atoms with Crippen molar-refractivity contribution in [3.05, 3.63) is 0 Å². The molecule has 2 N–H and O–H groups in total. The van der Waals surface area contributed by atoms with Gasteiger partial charge in [-0.25, -0.2) is 0 Å². The highest BCUT2D eigenvalue weighted by atomic mass is 16.2. The number of hydrogen-bond donors (Lipinski definition) is 2. The molecule has 0 saturated heterocycles. The van der Waals surface area contributed by atoms with Gasteiger partial charge in [-0.05, 0) is 13.8 Å². The van der Waals surface area contributed by atoms with Crippen LogP contribution < -0.4 is 10.6 Å². The van der Waals surface area contributed by atoms with Crippen LogP contribution in [0.1, 0.15) is 13.8 Å². The molecule has 0 aromatic carbocycles. The molecule has 0 atom stereocenters. The van der Waals surface area contributed by atoms with Crippen LogP contribution in [0.2, 0.25) is 0 Å². The van der Waals surface area contributed by atoms with Gasteiger partial charge in [-0.15, -0.1) is 0 Å². The SMILES string of the molecule is CNC(=O)C1C(C(C)=O)C(C(=O)NC)C1C(C)=O. The van der Waals surface area contributed by atoms with Crippen molar-refractivity contribution in [3.8, 4) is 0 Å². The summed E-state index contributed by atoms with van der Waals surface area (Å²) in [6.07, 6.45) is 0. The largest absolute Gasteiger partial charge is 0.359 e. The van der Waals surface area contributed by atoms with E-state index in [1.807, 2.05) is 0 Å².